The Balaban J connectivity index is 1.32. The van der Waals surface area contributed by atoms with Gasteiger partial charge in [-0.1, -0.05) is 5.16 Å². The number of amides is 1. The van der Waals surface area contributed by atoms with Crippen molar-refractivity contribution in [3.8, 4) is 0 Å². The summed E-state index contributed by atoms with van der Waals surface area (Å²) < 4.78 is 33.9. The van der Waals surface area contributed by atoms with Crippen molar-refractivity contribution < 1.29 is 37.3 Å². The van der Waals surface area contributed by atoms with Crippen molar-refractivity contribution in [2.24, 2.45) is 16.8 Å². The molecule has 2 aliphatic heterocycles. The normalized spacial score (nSPS) is 23.3. The van der Waals surface area contributed by atoms with E-state index in [0.717, 1.165) is 37.3 Å². The molecule has 4 heterocycles. The van der Waals surface area contributed by atoms with Crippen molar-refractivity contribution in [1.29, 1.82) is 0 Å². The molecular weight excluding hydrogens is 582 g/mol. The Bertz CT molecular complexity index is 1480. The second kappa shape index (κ2) is 11.0. The van der Waals surface area contributed by atoms with Gasteiger partial charge in [0.1, 0.15) is 5.69 Å². The Morgan fingerprint density at radius 2 is 1.98 bits per heavy atom. The molecule has 1 aliphatic carbocycles. The van der Waals surface area contributed by atoms with Gasteiger partial charge in [-0.25, -0.2) is 14.1 Å². The average Bonchev–Trinajstić information content (AvgIpc) is 3.38. The third kappa shape index (κ3) is 6.22. The van der Waals surface area contributed by atoms with Crippen LogP contribution in [-0.2, 0) is 42.6 Å². The van der Waals surface area contributed by atoms with E-state index in [-0.39, 0.29) is 46.3 Å². The zero-order valence-corrected chi connectivity index (χ0v) is 23.3. The standard InChI is InChI=1S/C22H29N9O8S2/c23-12-1-5-29(6-2-12)9-13-8-25-30(27-13)10-16-14(19(33)31(16)41(36,37)38)7-17(32)18(15-11-40-21(24)26-15)28-39-22(3-4-22)20(34)35/h8,11-12,14,16H,1-7,9-10,23H2,(H2,24,26)(H,34,35)(H,36,37,38)/b28-18-/t14-,16+/m0/s1. The molecule has 1 amide bonds. The molecule has 0 unspecified atom stereocenters. The molecule has 0 radical (unpaired) electrons. The number of hydrogen-bond acceptors (Lipinski definition) is 14. The highest BCUT2D eigenvalue weighted by molar-refractivity contribution is 7.84. The van der Waals surface area contributed by atoms with Crippen molar-refractivity contribution in [1.82, 2.24) is 29.2 Å². The molecule has 6 N–H and O–H groups in total. The van der Waals surface area contributed by atoms with Crippen LogP contribution in [0.2, 0.25) is 0 Å². The van der Waals surface area contributed by atoms with Crippen LogP contribution in [0.5, 0.6) is 0 Å². The molecule has 2 atom stereocenters. The van der Waals surface area contributed by atoms with Gasteiger partial charge >= 0.3 is 16.3 Å². The largest absolute Gasteiger partial charge is 0.478 e. The summed E-state index contributed by atoms with van der Waals surface area (Å²) >= 11 is 1.01. The van der Waals surface area contributed by atoms with Crippen molar-refractivity contribution in [3.05, 3.63) is 23.0 Å². The Morgan fingerprint density at radius 3 is 2.56 bits per heavy atom. The number of Topliss-reactive ketones (excluding diaryl/α,β-unsaturated/α-hetero) is 1. The number of likely N-dealkylation sites (tertiary alicyclic amines) is 1. The number of nitrogens with two attached hydrogens (primary N) is 2. The summed E-state index contributed by atoms with van der Waals surface area (Å²) in [6.45, 7) is 1.90. The molecule has 5 rings (SSSR count). The van der Waals surface area contributed by atoms with Gasteiger partial charge < -0.3 is 21.4 Å². The van der Waals surface area contributed by atoms with Gasteiger partial charge in [0.2, 0.25) is 11.5 Å². The first-order valence-electron chi connectivity index (χ1n) is 12.8. The molecule has 2 aromatic heterocycles. The number of β-lactam (4-membered cyclic amide) rings is 1. The summed E-state index contributed by atoms with van der Waals surface area (Å²) in [7, 11) is -4.94. The topological polar surface area (TPSA) is 250 Å². The SMILES string of the molecule is Nc1nc(/C(=N/OC2(C(=O)O)CC2)C(=O)C[C@@H]2C(=O)N(S(=O)(=O)O)[C@@H]2Cn2ncc(CN3CCC(N)CC3)n2)cs1. The second-order valence-corrected chi connectivity index (χ2v) is 12.5. The number of aromatic nitrogens is 4. The van der Waals surface area contributed by atoms with E-state index in [9.17, 15) is 32.5 Å². The summed E-state index contributed by atoms with van der Waals surface area (Å²) in [6.07, 6.45) is 3.11. The van der Waals surface area contributed by atoms with E-state index in [1.54, 1.807) is 0 Å². The zero-order valence-electron chi connectivity index (χ0n) is 21.7. The van der Waals surface area contributed by atoms with Crippen molar-refractivity contribution in [2.45, 2.75) is 62.9 Å². The predicted octanol–water partition coefficient (Wildman–Crippen LogP) is -1.13. The third-order valence-electron chi connectivity index (χ3n) is 7.34. The fraction of sp³-hybridized carbons (Fsp3) is 0.591. The lowest BCUT2D eigenvalue weighted by Crippen LogP contribution is -2.64. The monoisotopic (exact) mass is 611 g/mol. The van der Waals surface area contributed by atoms with Gasteiger partial charge in [0, 0.05) is 50.3 Å². The van der Waals surface area contributed by atoms with Crippen LogP contribution >= 0.6 is 11.3 Å². The van der Waals surface area contributed by atoms with E-state index in [1.165, 1.54) is 16.4 Å². The maximum absolute atomic E-state index is 13.3. The number of carbonyl (C=O) groups excluding carboxylic acids is 2. The van der Waals surface area contributed by atoms with E-state index in [0.29, 0.717) is 12.2 Å². The number of carboxylic acid groups (broad SMARTS) is 1. The van der Waals surface area contributed by atoms with E-state index in [2.05, 4.69) is 25.2 Å². The van der Waals surface area contributed by atoms with E-state index in [1.807, 2.05) is 0 Å². The maximum atomic E-state index is 13.3. The van der Waals surface area contributed by atoms with Crippen molar-refractivity contribution in [2.75, 3.05) is 18.8 Å². The average molecular weight is 612 g/mol. The summed E-state index contributed by atoms with van der Waals surface area (Å²) in [6, 6.07) is -1.01. The lowest BCUT2D eigenvalue weighted by molar-refractivity contribution is -0.153. The second-order valence-electron chi connectivity index (χ2n) is 10.3. The first kappa shape index (κ1) is 29.0. The molecule has 2 aromatic rings. The lowest BCUT2D eigenvalue weighted by Gasteiger charge is -2.43. The summed E-state index contributed by atoms with van der Waals surface area (Å²) in [5.74, 6) is -4.17. The maximum Gasteiger partial charge on any atom is 0.362 e. The first-order valence-corrected chi connectivity index (χ1v) is 15.1. The van der Waals surface area contributed by atoms with Crippen LogP contribution in [0.3, 0.4) is 0 Å². The van der Waals surface area contributed by atoms with Crippen molar-refractivity contribution >= 4 is 50.1 Å². The zero-order chi connectivity index (χ0) is 29.5. The van der Waals surface area contributed by atoms with E-state index in [4.69, 9.17) is 16.3 Å². The Morgan fingerprint density at radius 1 is 1.27 bits per heavy atom. The van der Waals surface area contributed by atoms with Gasteiger partial charge in [0.05, 0.1) is 30.4 Å². The molecule has 19 heteroatoms. The van der Waals surface area contributed by atoms with Crippen LogP contribution in [-0.4, -0.2) is 101 Å². The van der Waals surface area contributed by atoms with Crippen LogP contribution in [0.4, 0.5) is 5.13 Å². The molecule has 17 nitrogen and oxygen atoms in total. The number of aliphatic carboxylic acids is 1. The van der Waals surface area contributed by atoms with Gasteiger partial charge in [-0.15, -0.1) is 11.3 Å². The van der Waals surface area contributed by atoms with Crippen LogP contribution in [0, 0.1) is 5.92 Å². The lowest BCUT2D eigenvalue weighted by atomic mass is 9.84. The van der Waals surface area contributed by atoms with E-state index < -0.39 is 51.9 Å². The number of oxime groups is 1. The van der Waals surface area contributed by atoms with Crippen LogP contribution in [0.25, 0.3) is 0 Å². The fourth-order valence-electron chi connectivity index (χ4n) is 4.81. The number of carbonyl (C=O) groups is 3. The smallest absolute Gasteiger partial charge is 0.362 e. The molecule has 41 heavy (non-hydrogen) atoms. The molecule has 0 bridgehead atoms. The Labute approximate surface area is 238 Å². The fourth-order valence-corrected chi connectivity index (χ4v) is 6.27. The summed E-state index contributed by atoms with van der Waals surface area (Å²) in [5, 5.41) is 23.2. The van der Waals surface area contributed by atoms with Gasteiger partial charge in [0.25, 0.3) is 0 Å². The molecule has 2 saturated heterocycles. The molecule has 0 aromatic carbocycles. The van der Waals surface area contributed by atoms with Gasteiger partial charge in [-0.3, -0.25) is 19.0 Å². The summed E-state index contributed by atoms with van der Waals surface area (Å²) in [5.41, 5.74) is 10.4. The third-order valence-corrected chi connectivity index (χ3v) is 8.96. The minimum absolute atomic E-state index is 0.0192. The predicted molar refractivity (Wildman–Crippen MR) is 142 cm³/mol. The van der Waals surface area contributed by atoms with Crippen LogP contribution < -0.4 is 11.5 Å². The number of hydrogen-bond donors (Lipinski definition) is 4. The minimum atomic E-state index is -4.94. The number of carboxylic acids is 1. The van der Waals surface area contributed by atoms with E-state index >= 15 is 0 Å². The summed E-state index contributed by atoms with van der Waals surface area (Å²) in [4.78, 5) is 50.2. The highest BCUT2D eigenvalue weighted by Crippen LogP contribution is 2.40. The highest BCUT2D eigenvalue weighted by atomic mass is 32.2. The van der Waals surface area contributed by atoms with Crippen molar-refractivity contribution in [3.63, 3.8) is 0 Å². The van der Waals surface area contributed by atoms with Gasteiger partial charge in [-0.05, 0) is 12.8 Å². The quantitative estimate of drug-likeness (QED) is 0.0959. The highest BCUT2D eigenvalue weighted by Gasteiger charge is 2.56. The molecule has 3 aliphatic rings. The van der Waals surface area contributed by atoms with Gasteiger partial charge in [-0.2, -0.15) is 23.4 Å². The molecule has 222 valence electrons. The number of anilines is 1. The minimum Gasteiger partial charge on any atom is -0.478 e. The first-order chi connectivity index (χ1) is 19.4. The number of thiazole rings is 1. The Hall–Kier alpha value is -3.52. The molecule has 1 saturated carbocycles. The number of ketones is 1. The molecule has 0 spiro atoms. The van der Waals surface area contributed by atoms with Crippen LogP contribution in [0.1, 0.15) is 43.5 Å². The number of nitrogen functional groups attached to an aromatic ring is 1. The Kier molecular flexibility index (Phi) is 7.81. The molecule has 3 fully saturated rings. The number of piperidine rings is 1. The molecular formula is C22H29N9O8S2. The van der Waals surface area contributed by atoms with Crippen LogP contribution in [0.15, 0.2) is 16.7 Å². The number of rotatable bonds is 12. The van der Waals surface area contributed by atoms with Gasteiger partial charge in [0.15, 0.2) is 16.6 Å². The number of nitrogens with zero attached hydrogens (tertiary/aromatic N) is 7.